The van der Waals surface area contributed by atoms with Crippen molar-refractivity contribution in [3.05, 3.63) is 0 Å². The van der Waals surface area contributed by atoms with Crippen molar-refractivity contribution in [3.63, 3.8) is 0 Å². The lowest BCUT2D eigenvalue weighted by Gasteiger charge is -2.33. The van der Waals surface area contributed by atoms with Gasteiger partial charge in [-0.1, -0.05) is 12.8 Å². The van der Waals surface area contributed by atoms with Crippen molar-refractivity contribution in [1.82, 2.24) is 10.6 Å². The van der Waals surface area contributed by atoms with E-state index >= 15 is 0 Å². The van der Waals surface area contributed by atoms with Gasteiger partial charge in [-0.15, -0.1) is 0 Å². The molecule has 0 bridgehead atoms. The van der Waals surface area contributed by atoms with Gasteiger partial charge in [-0.3, -0.25) is 4.79 Å². The fourth-order valence-electron chi connectivity index (χ4n) is 2.92. The number of carbonyl (C=O) groups excluding carboxylic acids is 1. The molecule has 1 saturated heterocycles. The Morgan fingerprint density at radius 3 is 2.76 bits per heavy atom. The summed E-state index contributed by atoms with van der Waals surface area (Å²) in [6, 6.07) is 0.410. The van der Waals surface area contributed by atoms with Crippen molar-refractivity contribution < 1.29 is 4.79 Å². The highest BCUT2D eigenvalue weighted by Gasteiger charge is 2.28. The van der Waals surface area contributed by atoms with Crippen LogP contribution in [0.25, 0.3) is 0 Å². The molecule has 0 aromatic carbocycles. The number of amides is 1. The summed E-state index contributed by atoms with van der Waals surface area (Å²) in [7, 11) is 0. The predicted molar refractivity (Wildman–Crippen MR) is 73.3 cm³/mol. The Kier molecular flexibility index (Phi) is 5.16. The Hall–Kier alpha value is -0.220. The first-order valence-corrected chi connectivity index (χ1v) is 8.14. The number of rotatable bonds is 3. The maximum atomic E-state index is 12.2. The molecule has 0 radical (unpaired) electrons. The molecule has 4 heteroatoms. The first kappa shape index (κ1) is 13.2. The summed E-state index contributed by atoms with van der Waals surface area (Å²) >= 11 is 1.91. The molecule has 0 spiro atoms. The highest BCUT2D eigenvalue weighted by atomic mass is 32.2. The fourth-order valence-corrected chi connectivity index (χ4v) is 3.86. The Morgan fingerprint density at radius 1 is 1.24 bits per heavy atom. The Balaban J connectivity index is 1.83. The zero-order chi connectivity index (χ0) is 12.1. The highest BCUT2D eigenvalue weighted by molar-refractivity contribution is 7.99. The summed E-state index contributed by atoms with van der Waals surface area (Å²) in [6.45, 7) is 1.93. The van der Waals surface area contributed by atoms with Crippen LogP contribution in [0.5, 0.6) is 0 Å². The minimum atomic E-state index is 0.202. The van der Waals surface area contributed by atoms with Gasteiger partial charge in [0.05, 0.1) is 5.92 Å². The molecule has 1 heterocycles. The van der Waals surface area contributed by atoms with Crippen molar-refractivity contribution in [2.45, 2.75) is 49.8 Å². The number of thioether (sulfide) groups is 1. The van der Waals surface area contributed by atoms with E-state index in [1.165, 1.54) is 19.3 Å². The molecule has 2 rings (SSSR count). The van der Waals surface area contributed by atoms with E-state index in [0.717, 1.165) is 32.4 Å². The zero-order valence-electron chi connectivity index (χ0n) is 10.7. The average Bonchev–Trinajstić information content (AvgIpc) is 2.40. The molecular weight excluding hydrogens is 232 g/mol. The van der Waals surface area contributed by atoms with Gasteiger partial charge < -0.3 is 10.6 Å². The number of carbonyl (C=O) groups is 1. The molecule has 3 nitrogen and oxygen atoms in total. The van der Waals surface area contributed by atoms with Crippen LogP contribution in [0.4, 0.5) is 0 Å². The molecule has 2 N–H and O–H groups in total. The summed E-state index contributed by atoms with van der Waals surface area (Å²) in [5.41, 5.74) is 0. The van der Waals surface area contributed by atoms with Crippen LogP contribution < -0.4 is 10.6 Å². The van der Waals surface area contributed by atoms with Gasteiger partial charge in [-0.25, -0.2) is 0 Å². The molecular formula is C13H24N2OS. The van der Waals surface area contributed by atoms with Crippen molar-refractivity contribution >= 4 is 17.7 Å². The minimum Gasteiger partial charge on any atom is -0.352 e. The van der Waals surface area contributed by atoms with Crippen LogP contribution >= 0.6 is 11.8 Å². The standard InChI is InChI=1S/C13H24N2OS/c1-17-12-7-3-2-6-11(12)15-13(16)10-5-4-8-14-9-10/h10-12,14H,2-9H2,1H3,(H,15,16). The lowest BCUT2D eigenvalue weighted by molar-refractivity contribution is -0.126. The third-order valence-corrected chi connectivity index (χ3v) is 5.17. The van der Waals surface area contributed by atoms with Crippen LogP contribution in [0, 0.1) is 5.92 Å². The van der Waals surface area contributed by atoms with Crippen molar-refractivity contribution in [2.75, 3.05) is 19.3 Å². The lowest BCUT2D eigenvalue weighted by Crippen LogP contribution is -2.48. The van der Waals surface area contributed by atoms with E-state index < -0.39 is 0 Å². The van der Waals surface area contributed by atoms with Crippen molar-refractivity contribution in [2.24, 2.45) is 5.92 Å². The van der Waals surface area contributed by atoms with Crippen molar-refractivity contribution in [3.8, 4) is 0 Å². The number of hydrogen-bond acceptors (Lipinski definition) is 3. The topological polar surface area (TPSA) is 41.1 Å². The molecule has 0 aromatic heterocycles. The number of nitrogens with one attached hydrogen (secondary N) is 2. The summed E-state index contributed by atoms with van der Waals surface area (Å²) in [4.78, 5) is 12.2. The van der Waals surface area contributed by atoms with Crippen LogP contribution in [-0.4, -0.2) is 36.5 Å². The van der Waals surface area contributed by atoms with Crippen LogP contribution in [0.15, 0.2) is 0 Å². The zero-order valence-corrected chi connectivity index (χ0v) is 11.5. The molecule has 1 aliphatic carbocycles. The summed E-state index contributed by atoms with van der Waals surface area (Å²) in [5, 5.41) is 7.23. The molecule has 1 aliphatic heterocycles. The lowest BCUT2D eigenvalue weighted by atomic mass is 9.93. The molecule has 98 valence electrons. The van der Waals surface area contributed by atoms with Gasteiger partial charge in [0, 0.05) is 17.8 Å². The highest BCUT2D eigenvalue weighted by Crippen LogP contribution is 2.27. The maximum absolute atomic E-state index is 12.2. The molecule has 1 saturated carbocycles. The molecule has 17 heavy (non-hydrogen) atoms. The first-order valence-electron chi connectivity index (χ1n) is 6.85. The average molecular weight is 256 g/mol. The van der Waals surface area contributed by atoms with Crippen LogP contribution in [0.1, 0.15) is 38.5 Å². The van der Waals surface area contributed by atoms with Gasteiger partial charge in [0.2, 0.25) is 5.91 Å². The third kappa shape index (κ3) is 3.62. The Morgan fingerprint density at radius 2 is 2.06 bits per heavy atom. The van der Waals surface area contributed by atoms with E-state index in [0.29, 0.717) is 11.3 Å². The second kappa shape index (κ2) is 6.64. The molecule has 3 atom stereocenters. The van der Waals surface area contributed by atoms with Crippen LogP contribution in [0.3, 0.4) is 0 Å². The van der Waals surface area contributed by atoms with E-state index in [4.69, 9.17) is 0 Å². The Bertz CT molecular complexity index is 254. The number of hydrogen-bond donors (Lipinski definition) is 2. The van der Waals surface area contributed by atoms with Crippen molar-refractivity contribution in [1.29, 1.82) is 0 Å². The normalized spacial score (nSPS) is 34.3. The molecule has 3 unspecified atom stereocenters. The van der Waals surface area contributed by atoms with E-state index in [2.05, 4.69) is 16.9 Å². The fraction of sp³-hybridized carbons (Fsp3) is 0.923. The van der Waals surface area contributed by atoms with Gasteiger partial charge in [0.15, 0.2) is 0 Å². The summed E-state index contributed by atoms with van der Waals surface area (Å²) in [5.74, 6) is 0.483. The molecule has 1 amide bonds. The van der Waals surface area contributed by atoms with Crippen LogP contribution in [0.2, 0.25) is 0 Å². The smallest absolute Gasteiger partial charge is 0.224 e. The second-order valence-corrected chi connectivity index (χ2v) is 6.29. The largest absolute Gasteiger partial charge is 0.352 e. The van der Waals surface area contributed by atoms with Gasteiger partial charge in [-0.2, -0.15) is 11.8 Å². The van der Waals surface area contributed by atoms with E-state index in [1.807, 2.05) is 11.8 Å². The third-order valence-electron chi connectivity index (χ3n) is 4.00. The van der Waals surface area contributed by atoms with E-state index in [1.54, 1.807) is 0 Å². The summed E-state index contributed by atoms with van der Waals surface area (Å²) in [6.07, 6.45) is 9.36. The van der Waals surface area contributed by atoms with Gasteiger partial charge >= 0.3 is 0 Å². The maximum Gasteiger partial charge on any atom is 0.224 e. The van der Waals surface area contributed by atoms with E-state index in [-0.39, 0.29) is 11.8 Å². The predicted octanol–water partition coefficient (Wildman–Crippen LogP) is 1.78. The van der Waals surface area contributed by atoms with Gasteiger partial charge in [0.25, 0.3) is 0 Å². The monoisotopic (exact) mass is 256 g/mol. The second-order valence-electron chi connectivity index (χ2n) is 5.22. The molecule has 0 aromatic rings. The summed E-state index contributed by atoms with van der Waals surface area (Å²) < 4.78 is 0. The Labute approximate surface area is 108 Å². The first-order chi connectivity index (χ1) is 8.31. The minimum absolute atomic E-state index is 0.202. The van der Waals surface area contributed by atoms with E-state index in [9.17, 15) is 4.79 Å². The molecule has 2 aliphatic rings. The van der Waals surface area contributed by atoms with Gasteiger partial charge in [-0.05, 0) is 38.5 Å². The number of piperidine rings is 1. The van der Waals surface area contributed by atoms with Gasteiger partial charge in [0.1, 0.15) is 0 Å². The SMILES string of the molecule is CSC1CCCCC1NC(=O)C1CCCNC1. The van der Waals surface area contributed by atoms with Crippen LogP contribution in [-0.2, 0) is 4.79 Å². The molecule has 2 fully saturated rings. The quantitative estimate of drug-likeness (QED) is 0.809.